The van der Waals surface area contributed by atoms with Crippen molar-refractivity contribution in [3.05, 3.63) is 11.3 Å². The number of carbonyl (C=O) groups is 1. The fraction of sp³-hybridized carbons (Fsp3) is 0.625. The first-order valence-electron chi connectivity index (χ1n) is 3.66. The molecule has 0 aliphatic carbocycles. The summed E-state index contributed by atoms with van der Waals surface area (Å²) < 4.78 is 4.97. The van der Waals surface area contributed by atoms with Crippen LogP contribution in [0.15, 0.2) is 11.3 Å². The molecule has 0 atom stereocenters. The highest BCUT2D eigenvalue weighted by Crippen LogP contribution is 2.17. The first kappa shape index (κ1) is 8.11. The van der Waals surface area contributed by atoms with E-state index in [4.69, 9.17) is 4.74 Å². The Morgan fingerprint density at radius 1 is 1.55 bits per heavy atom. The van der Waals surface area contributed by atoms with Crippen LogP contribution in [0.25, 0.3) is 0 Å². The average molecular weight is 155 g/mol. The van der Waals surface area contributed by atoms with Gasteiger partial charge in [0.1, 0.15) is 0 Å². The van der Waals surface area contributed by atoms with Crippen LogP contribution in [0.5, 0.6) is 0 Å². The molecule has 1 rings (SSSR count). The van der Waals surface area contributed by atoms with E-state index < -0.39 is 0 Å². The summed E-state index contributed by atoms with van der Waals surface area (Å²) in [6.45, 7) is 2.74. The van der Waals surface area contributed by atoms with Crippen molar-refractivity contribution in [1.29, 1.82) is 0 Å². The van der Waals surface area contributed by atoms with Crippen molar-refractivity contribution >= 4 is 5.91 Å². The lowest BCUT2D eigenvalue weighted by atomic mass is 10.1. The van der Waals surface area contributed by atoms with Crippen LogP contribution in [-0.2, 0) is 9.53 Å². The van der Waals surface area contributed by atoms with E-state index in [0.717, 1.165) is 18.5 Å². The molecule has 0 saturated carbocycles. The first-order chi connectivity index (χ1) is 5.16. The highest BCUT2D eigenvalue weighted by Gasteiger charge is 2.22. The summed E-state index contributed by atoms with van der Waals surface area (Å²) in [5, 5.41) is 0. The van der Waals surface area contributed by atoms with Crippen molar-refractivity contribution in [2.75, 3.05) is 20.7 Å². The molecule has 3 heteroatoms. The zero-order valence-corrected chi connectivity index (χ0v) is 7.18. The molecule has 1 aliphatic heterocycles. The minimum Gasteiger partial charge on any atom is -0.491 e. The topological polar surface area (TPSA) is 29.5 Å². The van der Waals surface area contributed by atoms with E-state index in [-0.39, 0.29) is 5.91 Å². The molecular weight excluding hydrogens is 142 g/mol. The van der Waals surface area contributed by atoms with Gasteiger partial charge in [0.25, 0.3) is 5.91 Å². The first-order valence-corrected chi connectivity index (χ1v) is 3.66. The van der Waals surface area contributed by atoms with Gasteiger partial charge in [-0.3, -0.25) is 4.79 Å². The van der Waals surface area contributed by atoms with Gasteiger partial charge in [-0.15, -0.1) is 0 Å². The number of hydrogen-bond donors (Lipinski definition) is 0. The molecule has 62 valence electrons. The minimum atomic E-state index is -0.00347. The smallest absolute Gasteiger partial charge is 0.288 e. The Morgan fingerprint density at radius 2 is 2.18 bits per heavy atom. The van der Waals surface area contributed by atoms with Crippen LogP contribution in [0.3, 0.4) is 0 Å². The van der Waals surface area contributed by atoms with Crippen LogP contribution in [-0.4, -0.2) is 31.5 Å². The van der Waals surface area contributed by atoms with Crippen LogP contribution in [0, 0.1) is 0 Å². The number of nitrogens with zero attached hydrogens (tertiary/aromatic N) is 1. The maximum Gasteiger partial charge on any atom is 0.288 e. The summed E-state index contributed by atoms with van der Waals surface area (Å²) in [4.78, 5) is 13.0. The quantitative estimate of drug-likeness (QED) is 0.559. The maximum absolute atomic E-state index is 11.3. The molecule has 1 aliphatic rings. The van der Waals surface area contributed by atoms with Gasteiger partial charge < -0.3 is 9.64 Å². The molecule has 0 spiro atoms. The Labute approximate surface area is 66.6 Å². The van der Waals surface area contributed by atoms with E-state index in [9.17, 15) is 4.79 Å². The maximum atomic E-state index is 11.3. The molecule has 3 nitrogen and oxygen atoms in total. The van der Waals surface area contributed by atoms with Crippen molar-refractivity contribution < 1.29 is 9.53 Å². The third-order valence-corrected chi connectivity index (χ3v) is 1.95. The molecule has 0 aromatic rings. The minimum absolute atomic E-state index is 0.00347. The van der Waals surface area contributed by atoms with Gasteiger partial charge in [0.2, 0.25) is 0 Å². The molecule has 0 aromatic heterocycles. The monoisotopic (exact) mass is 155 g/mol. The lowest BCUT2D eigenvalue weighted by molar-refractivity contribution is -0.130. The second-order valence-corrected chi connectivity index (χ2v) is 2.79. The Balaban J connectivity index is 2.89. The lowest BCUT2D eigenvalue weighted by Gasteiger charge is -2.24. The van der Waals surface area contributed by atoms with Crippen molar-refractivity contribution in [2.45, 2.75) is 13.3 Å². The average Bonchev–Trinajstić information content (AvgIpc) is 1.99. The van der Waals surface area contributed by atoms with Gasteiger partial charge in [-0.1, -0.05) is 0 Å². The number of hydrogen-bond acceptors (Lipinski definition) is 2. The predicted molar refractivity (Wildman–Crippen MR) is 42.0 cm³/mol. The molecule has 0 radical (unpaired) electrons. The molecule has 0 unspecified atom stereocenters. The molecule has 1 amide bonds. The number of methoxy groups -OCH3 is 1. The SMILES string of the molecule is COC1=C(C)CCN(C)C1=O. The molecule has 1 heterocycles. The Morgan fingerprint density at radius 3 is 2.64 bits per heavy atom. The van der Waals surface area contributed by atoms with Gasteiger partial charge in [0.05, 0.1) is 7.11 Å². The summed E-state index contributed by atoms with van der Waals surface area (Å²) in [5.74, 6) is 0.509. The summed E-state index contributed by atoms with van der Waals surface area (Å²) in [6, 6.07) is 0. The zero-order chi connectivity index (χ0) is 8.43. The molecule has 0 aromatic carbocycles. The number of rotatable bonds is 1. The van der Waals surface area contributed by atoms with Crippen molar-refractivity contribution in [3.63, 3.8) is 0 Å². The second kappa shape index (κ2) is 2.95. The third-order valence-electron chi connectivity index (χ3n) is 1.95. The number of carbonyl (C=O) groups excluding carboxylic acids is 1. The number of ether oxygens (including phenoxy) is 1. The van der Waals surface area contributed by atoms with Crippen LogP contribution in [0.1, 0.15) is 13.3 Å². The van der Waals surface area contributed by atoms with Gasteiger partial charge in [-0.2, -0.15) is 0 Å². The van der Waals surface area contributed by atoms with Crippen molar-refractivity contribution in [3.8, 4) is 0 Å². The summed E-state index contributed by atoms with van der Waals surface area (Å²) in [5.41, 5.74) is 1.05. The van der Waals surface area contributed by atoms with E-state index in [1.807, 2.05) is 6.92 Å². The summed E-state index contributed by atoms with van der Waals surface area (Å²) in [7, 11) is 3.32. The Hall–Kier alpha value is -0.990. The van der Waals surface area contributed by atoms with Gasteiger partial charge in [0.15, 0.2) is 5.76 Å². The van der Waals surface area contributed by atoms with E-state index in [1.165, 1.54) is 7.11 Å². The number of amides is 1. The highest BCUT2D eigenvalue weighted by molar-refractivity contribution is 5.92. The van der Waals surface area contributed by atoms with Crippen molar-refractivity contribution in [2.24, 2.45) is 0 Å². The molecule has 0 fully saturated rings. The van der Waals surface area contributed by atoms with Gasteiger partial charge in [0, 0.05) is 13.6 Å². The fourth-order valence-corrected chi connectivity index (χ4v) is 1.17. The molecule has 0 N–H and O–H groups in total. The van der Waals surface area contributed by atoms with Gasteiger partial charge >= 0.3 is 0 Å². The zero-order valence-electron chi connectivity index (χ0n) is 7.18. The van der Waals surface area contributed by atoms with Crippen LogP contribution in [0.4, 0.5) is 0 Å². The molecule has 11 heavy (non-hydrogen) atoms. The van der Waals surface area contributed by atoms with Crippen LogP contribution >= 0.6 is 0 Å². The Kier molecular flexibility index (Phi) is 2.17. The Bertz CT molecular complexity index is 208. The van der Waals surface area contributed by atoms with Crippen molar-refractivity contribution in [1.82, 2.24) is 4.90 Å². The third kappa shape index (κ3) is 1.37. The predicted octanol–water partition coefficient (Wildman–Crippen LogP) is 0.769. The van der Waals surface area contributed by atoms with Gasteiger partial charge in [-0.25, -0.2) is 0 Å². The molecule has 0 bridgehead atoms. The molecule has 0 saturated heterocycles. The molecular formula is C8H13NO2. The lowest BCUT2D eigenvalue weighted by Crippen LogP contribution is -2.34. The van der Waals surface area contributed by atoms with Crippen LogP contribution in [0.2, 0.25) is 0 Å². The van der Waals surface area contributed by atoms with Gasteiger partial charge in [-0.05, 0) is 18.9 Å². The van der Waals surface area contributed by atoms with E-state index in [1.54, 1.807) is 11.9 Å². The van der Waals surface area contributed by atoms with E-state index in [0.29, 0.717) is 5.76 Å². The van der Waals surface area contributed by atoms with E-state index in [2.05, 4.69) is 0 Å². The fourth-order valence-electron chi connectivity index (χ4n) is 1.17. The normalized spacial score (nSPS) is 19.2. The number of likely N-dealkylation sites (N-methyl/N-ethyl adjacent to an activating group) is 1. The van der Waals surface area contributed by atoms with E-state index >= 15 is 0 Å². The summed E-state index contributed by atoms with van der Waals surface area (Å²) >= 11 is 0. The highest BCUT2D eigenvalue weighted by atomic mass is 16.5. The summed E-state index contributed by atoms with van der Waals surface area (Å²) in [6.07, 6.45) is 0.922. The second-order valence-electron chi connectivity index (χ2n) is 2.79. The standard InChI is InChI=1S/C8H13NO2/c1-6-4-5-9(2)8(10)7(6)11-3/h4-5H2,1-3H3. The largest absolute Gasteiger partial charge is 0.491 e. The van der Waals surface area contributed by atoms with Crippen LogP contribution < -0.4 is 0 Å².